The molecular weight excluding hydrogens is 400 g/mol. The van der Waals surface area contributed by atoms with Gasteiger partial charge in [-0.1, -0.05) is 32.0 Å². The lowest BCUT2D eigenvalue weighted by Gasteiger charge is -2.16. The van der Waals surface area contributed by atoms with Crippen molar-refractivity contribution in [2.75, 3.05) is 25.1 Å². The molecule has 0 spiro atoms. The molecule has 1 saturated heterocycles. The standard InChI is InChI=1S/C23H28N2O4S/c1-16(2)14-28-18-8-5-7-17(13-18)22(26)25-23(30)24-20-10-3-4-11-21(20)29-15-19-9-6-12-27-19/h3-5,7-8,10-11,13,16,19H,6,9,12,14-15H2,1-2H3,(H2,24,25,26,30). The molecule has 6 nitrogen and oxygen atoms in total. The number of carbonyl (C=O) groups is 1. The molecular formula is C23H28N2O4S. The first-order chi connectivity index (χ1) is 14.5. The van der Waals surface area contributed by atoms with E-state index in [1.54, 1.807) is 18.2 Å². The number of carbonyl (C=O) groups excluding carboxylic acids is 1. The van der Waals surface area contributed by atoms with E-state index < -0.39 is 0 Å². The molecule has 0 radical (unpaired) electrons. The summed E-state index contributed by atoms with van der Waals surface area (Å²) in [6, 6.07) is 14.5. The topological polar surface area (TPSA) is 68.8 Å². The minimum absolute atomic E-state index is 0.120. The average molecular weight is 429 g/mol. The van der Waals surface area contributed by atoms with Crippen LogP contribution in [0.25, 0.3) is 0 Å². The van der Waals surface area contributed by atoms with Gasteiger partial charge in [0.2, 0.25) is 0 Å². The maximum atomic E-state index is 12.6. The van der Waals surface area contributed by atoms with Crippen LogP contribution in [0, 0.1) is 5.92 Å². The smallest absolute Gasteiger partial charge is 0.257 e. The number of hydrogen-bond acceptors (Lipinski definition) is 5. The fraction of sp³-hybridized carbons (Fsp3) is 0.391. The van der Waals surface area contributed by atoms with Gasteiger partial charge >= 0.3 is 0 Å². The van der Waals surface area contributed by atoms with Crippen LogP contribution in [-0.4, -0.2) is 36.9 Å². The Labute approximate surface area is 182 Å². The van der Waals surface area contributed by atoms with Gasteiger partial charge in [-0.05, 0) is 61.3 Å². The van der Waals surface area contributed by atoms with Gasteiger partial charge < -0.3 is 19.5 Å². The summed E-state index contributed by atoms with van der Waals surface area (Å²) < 4.78 is 17.2. The highest BCUT2D eigenvalue weighted by Crippen LogP contribution is 2.25. The van der Waals surface area contributed by atoms with Crippen LogP contribution in [0.3, 0.4) is 0 Å². The van der Waals surface area contributed by atoms with Gasteiger partial charge in [0.1, 0.15) is 18.1 Å². The van der Waals surface area contributed by atoms with Crippen molar-refractivity contribution < 1.29 is 19.0 Å². The molecule has 0 aromatic heterocycles. The molecule has 0 saturated carbocycles. The quantitative estimate of drug-likeness (QED) is 0.607. The minimum Gasteiger partial charge on any atom is -0.493 e. The van der Waals surface area contributed by atoms with Crippen LogP contribution < -0.4 is 20.1 Å². The molecule has 2 aromatic rings. The maximum absolute atomic E-state index is 12.6. The number of ether oxygens (including phenoxy) is 3. The van der Waals surface area contributed by atoms with Crippen LogP contribution in [0.4, 0.5) is 5.69 Å². The summed E-state index contributed by atoms with van der Waals surface area (Å²) in [7, 11) is 0. The zero-order valence-electron chi connectivity index (χ0n) is 17.4. The molecule has 1 heterocycles. The minimum atomic E-state index is -0.305. The van der Waals surface area contributed by atoms with Gasteiger partial charge in [-0.2, -0.15) is 0 Å². The molecule has 1 aliphatic heterocycles. The lowest BCUT2D eigenvalue weighted by molar-refractivity contribution is 0.0682. The van der Waals surface area contributed by atoms with Crippen LogP contribution in [-0.2, 0) is 4.74 Å². The number of thiocarbonyl (C=S) groups is 1. The number of anilines is 1. The van der Waals surface area contributed by atoms with Crippen LogP contribution in [0.2, 0.25) is 0 Å². The summed E-state index contributed by atoms with van der Waals surface area (Å²) in [6.07, 6.45) is 2.19. The number of amides is 1. The first-order valence-corrected chi connectivity index (χ1v) is 10.6. The van der Waals surface area contributed by atoms with Gasteiger partial charge in [0.05, 0.1) is 18.4 Å². The van der Waals surface area contributed by atoms with Crippen molar-refractivity contribution in [1.29, 1.82) is 0 Å². The Kier molecular flexibility index (Phi) is 8.04. The summed E-state index contributed by atoms with van der Waals surface area (Å²) in [5, 5.41) is 5.95. The predicted octanol–water partition coefficient (Wildman–Crippen LogP) is 4.41. The molecule has 7 heteroatoms. The van der Waals surface area contributed by atoms with E-state index in [1.807, 2.05) is 30.3 Å². The second-order valence-electron chi connectivity index (χ2n) is 7.58. The molecule has 30 heavy (non-hydrogen) atoms. The lowest BCUT2D eigenvalue weighted by Crippen LogP contribution is -2.34. The van der Waals surface area contributed by atoms with Crippen molar-refractivity contribution in [3.05, 3.63) is 54.1 Å². The van der Waals surface area contributed by atoms with Crippen molar-refractivity contribution in [3.63, 3.8) is 0 Å². The van der Waals surface area contributed by atoms with Crippen LogP contribution in [0.15, 0.2) is 48.5 Å². The Morgan fingerprint density at radius 3 is 2.80 bits per heavy atom. The van der Waals surface area contributed by atoms with Gasteiger partial charge in [0, 0.05) is 12.2 Å². The number of rotatable bonds is 8. The normalized spacial score (nSPS) is 15.6. The van der Waals surface area contributed by atoms with Gasteiger partial charge in [-0.3, -0.25) is 10.1 Å². The third-order valence-corrected chi connectivity index (χ3v) is 4.69. The Hall–Kier alpha value is -2.64. The summed E-state index contributed by atoms with van der Waals surface area (Å²) in [5.74, 6) is 1.42. The van der Waals surface area contributed by atoms with Crippen LogP contribution >= 0.6 is 12.2 Å². The van der Waals surface area contributed by atoms with Crippen molar-refractivity contribution in [3.8, 4) is 11.5 Å². The molecule has 1 atom stereocenters. The Bertz CT molecular complexity index is 866. The van der Waals surface area contributed by atoms with Gasteiger partial charge in [-0.25, -0.2) is 0 Å². The number of benzene rings is 2. The summed E-state index contributed by atoms with van der Waals surface area (Å²) in [5.41, 5.74) is 1.16. The highest BCUT2D eigenvalue weighted by molar-refractivity contribution is 7.80. The van der Waals surface area contributed by atoms with E-state index in [9.17, 15) is 4.79 Å². The molecule has 1 fully saturated rings. The highest BCUT2D eigenvalue weighted by Gasteiger charge is 2.17. The van der Waals surface area contributed by atoms with Crippen LogP contribution in [0.5, 0.6) is 11.5 Å². The summed E-state index contributed by atoms with van der Waals surface area (Å²) >= 11 is 5.33. The fourth-order valence-electron chi connectivity index (χ4n) is 2.97. The third kappa shape index (κ3) is 6.71. The fourth-order valence-corrected chi connectivity index (χ4v) is 3.18. The van der Waals surface area contributed by atoms with E-state index in [2.05, 4.69) is 24.5 Å². The predicted molar refractivity (Wildman–Crippen MR) is 121 cm³/mol. The van der Waals surface area contributed by atoms with E-state index in [-0.39, 0.29) is 17.1 Å². The largest absolute Gasteiger partial charge is 0.493 e. The van der Waals surface area contributed by atoms with E-state index in [0.29, 0.717) is 41.9 Å². The summed E-state index contributed by atoms with van der Waals surface area (Å²) in [6.45, 7) is 6.01. The van der Waals surface area contributed by atoms with Crippen molar-refractivity contribution in [2.45, 2.75) is 32.8 Å². The molecule has 2 N–H and O–H groups in total. The molecule has 160 valence electrons. The lowest BCUT2D eigenvalue weighted by atomic mass is 10.2. The first kappa shape index (κ1) is 22.1. The number of hydrogen-bond donors (Lipinski definition) is 2. The maximum Gasteiger partial charge on any atom is 0.257 e. The second-order valence-corrected chi connectivity index (χ2v) is 7.99. The molecule has 3 rings (SSSR count). The highest BCUT2D eigenvalue weighted by atomic mass is 32.1. The SMILES string of the molecule is CC(C)COc1cccc(C(=O)NC(=S)Nc2ccccc2OCC2CCCO2)c1. The van der Waals surface area contributed by atoms with Gasteiger partial charge in [0.25, 0.3) is 5.91 Å². The zero-order valence-corrected chi connectivity index (χ0v) is 18.2. The van der Waals surface area contributed by atoms with Crippen molar-refractivity contribution in [2.24, 2.45) is 5.92 Å². The Morgan fingerprint density at radius 2 is 2.03 bits per heavy atom. The molecule has 0 bridgehead atoms. The van der Waals surface area contributed by atoms with E-state index >= 15 is 0 Å². The average Bonchev–Trinajstić information content (AvgIpc) is 3.25. The van der Waals surface area contributed by atoms with Gasteiger partial charge in [-0.15, -0.1) is 0 Å². The second kappa shape index (κ2) is 10.9. The third-order valence-electron chi connectivity index (χ3n) is 4.49. The zero-order chi connectivity index (χ0) is 21.3. The Balaban J connectivity index is 1.56. The number of nitrogens with one attached hydrogen (secondary N) is 2. The van der Waals surface area contributed by atoms with E-state index in [1.165, 1.54) is 0 Å². The summed E-state index contributed by atoms with van der Waals surface area (Å²) in [4.78, 5) is 12.6. The number of para-hydroxylation sites is 2. The van der Waals surface area contributed by atoms with Crippen molar-refractivity contribution >= 4 is 28.9 Å². The van der Waals surface area contributed by atoms with E-state index in [4.69, 9.17) is 26.4 Å². The molecule has 1 aliphatic rings. The first-order valence-electron chi connectivity index (χ1n) is 10.2. The Morgan fingerprint density at radius 1 is 1.20 bits per heavy atom. The van der Waals surface area contributed by atoms with Gasteiger partial charge in [0.15, 0.2) is 5.11 Å². The molecule has 2 aromatic carbocycles. The van der Waals surface area contributed by atoms with E-state index in [0.717, 1.165) is 19.4 Å². The van der Waals surface area contributed by atoms with Crippen molar-refractivity contribution in [1.82, 2.24) is 5.32 Å². The molecule has 1 amide bonds. The molecule has 0 aliphatic carbocycles. The molecule has 1 unspecified atom stereocenters. The monoisotopic (exact) mass is 428 g/mol. The van der Waals surface area contributed by atoms with Crippen LogP contribution in [0.1, 0.15) is 37.0 Å².